The number of benzene rings is 2. The Labute approximate surface area is 223 Å². The first kappa shape index (κ1) is 26.1. The molecule has 12 heteroatoms. The first-order valence-electron chi connectivity index (χ1n) is 10.7. The van der Waals surface area contributed by atoms with Gasteiger partial charge in [-0.05, 0) is 56.9 Å². The number of imidazole rings is 1. The molecule has 0 aliphatic carbocycles. The number of rotatable bonds is 8. The molecule has 1 atom stereocenters. The number of carbonyl (C=O) groups is 1. The third kappa shape index (κ3) is 5.14. The molecular weight excluding hydrogens is 577 g/mol. The van der Waals surface area contributed by atoms with Gasteiger partial charge in [0.1, 0.15) is 5.54 Å². The van der Waals surface area contributed by atoms with Crippen molar-refractivity contribution < 1.29 is 13.2 Å². The van der Waals surface area contributed by atoms with Gasteiger partial charge < -0.3 is 4.90 Å². The van der Waals surface area contributed by atoms with E-state index >= 15 is 0 Å². The van der Waals surface area contributed by atoms with Gasteiger partial charge in [0.2, 0.25) is 5.95 Å². The molecule has 1 aromatic heterocycles. The third-order valence-corrected chi connectivity index (χ3v) is 8.15. The number of nitrogens with one attached hydrogen (secondary N) is 1. The largest absolute Gasteiger partial charge is 0.308 e. The second-order valence-electron chi connectivity index (χ2n) is 8.78. The quantitative estimate of drug-likeness (QED) is 0.413. The number of anilines is 2. The van der Waals surface area contributed by atoms with Gasteiger partial charge in [0.25, 0.3) is 15.9 Å². The molecule has 0 saturated carbocycles. The van der Waals surface area contributed by atoms with Gasteiger partial charge in [-0.2, -0.15) is 0 Å². The monoisotopic (exact) mass is 599 g/mol. The molecule has 2 heterocycles. The number of fused-ring (bicyclic) bond motifs is 1. The molecule has 0 radical (unpaired) electrons. The molecule has 0 bridgehead atoms. The van der Waals surface area contributed by atoms with Crippen LogP contribution in [0.25, 0.3) is 0 Å². The van der Waals surface area contributed by atoms with Crippen molar-refractivity contribution in [2.75, 3.05) is 32.1 Å². The van der Waals surface area contributed by atoms with Gasteiger partial charge in [0.05, 0.1) is 11.9 Å². The Kier molecular flexibility index (Phi) is 7.34. The lowest BCUT2D eigenvalue weighted by molar-refractivity contribution is -0.124. The van der Waals surface area contributed by atoms with Crippen LogP contribution in [0.1, 0.15) is 12.5 Å². The van der Waals surface area contributed by atoms with Crippen molar-refractivity contribution >= 4 is 66.7 Å². The van der Waals surface area contributed by atoms with Crippen LogP contribution in [0, 0.1) is 0 Å². The van der Waals surface area contributed by atoms with E-state index in [1.54, 1.807) is 25.1 Å². The topological polar surface area (TPSA) is 87.5 Å². The summed E-state index contributed by atoms with van der Waals surface area (Å²) in [7, 11) is -0.260. The minimum Gasteiger partial charge on any atom is -0.308 e. The standard InChI is InChI=1S/C23H24BrCl2N5O3S/c1-23(13-15-4-6-16(24)7-5-15)21(32)30(19-11-17(25)10-18(26)12-19)22-27-14-20(31(22)23)35(33,34)28-8-9-29(2)3/h4-7,10-12,14,28H,8-9,13H2,1-3H3/t23-/m1/s1. The molecule has 0 saturated heterocycles. The zero-order valence-corrected chi connectivity index (χ0v) is 23.2. The van der Waals surface area contributed by atoms with Crippen molar-refractivity contribution in [2.24, 2.45) is 0 Å². The van der Waals surface area contributed by atoms with E-state index in [-0.39, 0.29) is 29.8 Å². The molecule has 0 spiro atoms. The lowest BCUT2D eigenvalue weighted by Crippen LogP contribution is -2.43. The second kappa shape index (κ2) is 9.84. The highest BCUT2D eigenvalue weighted by atomic mass is 79.9. The lowest BCUT2D eigenvalue weighted by Gasteiger charge is -2.26. The fourth-order valence-electron chi connectivity index (χ4n) is 4.10. The number of halogens is 3. The molecule has 4 rings (SSSR count). The summed E-state index contributed by atoms with van der Waals surface area (Å²) in [6.07, 6.45) is 1.52. The van der Waals surface area contributed by atoms with E-state index < -0.39 is 15.6 Å². The van der Waals surface area contributed by atoms with Gasteiger partial charge in [0, 0.05) is 34.0 Å². The number of carbonyl (C=O) groups excluding carboxylic acids is 1. The summed E-state index contributed by atoms with van der Waals surface area (Å²) in [5, 5.41) is 0.603. The third-order valence-electron chi connectivity index (χ3n) is 5.76. The summed E-state index contributed by atoms with van der Waals surface area (Å²) < 4.78 is 31.6. The predicted molar refractivity (Wildman–Crippen MR) is 141 cm³/mol. The van der Waals surface area contributed by atoms with Gasteiger partial charge in [-0.3, -0.25) is 9.36 Å². The van der Waals surface area contributed by atoms with Crippen LogP contribution in [0.2, 0.25) is 10.0 Å². The maximum absolute atomic E-state index is 14.0. The number of sulfonamides is 1. The van der Waals surface area contributed by atoms with Crippen LogP contribution in [0.5, 0.6) is 0 Å². The minimum atomic E-state index is -3.97. The van der Waals surface area contributed by atoms with E-state index in [2.05, 4.69) is 25.6 Å². The molecule has 2 aromatic carbocycles. The fourth-order valence-corrected chi connectivity index (χ4v) is 6.10. The maximum atomic E-state index is 14.0. The molecule has 1 N–H and O–H groups in total. The predicted octanol–water partition coefficient (Wildman–Crippen LogP) is 4.43. The number of hydrogen-bond donors (Lipinski definition) is 1. The Morgan fingerprint density at radius 1 is 1.11 bits per heavy atom. The van der Waals surface area contributed by atoms with Crippen molar-refractivity contribution in [3.63, 3.8) is 0 Å². The zero-order valence-electron chi connectivity index (χ0n) is 19.3. The Hall–Kier alpha value is -1.95. The molecule has 3 aromatic rings. The van der Waals surface area contributed by atoms with Crippen LogP contribution in [0.4, 0.5) is 11.6 Å². The van der Waals surface area contributed by atoms with Crippen molar-refractivity contribution in [1.82, 2.24) is 19.2 Å². The summed E-state index contributed by atoms with van der Waals surface area (Å²) >= 11 is 15.9. The molecule has 35 heavy (non-hydrogen) atoms. The second-order valence-corrected chi connectivity index (χ2v) is 12.3. The summed E-state index contributed by atoms with van der Waals surface area (Å²) in [6.45, 7) is 2.44. The maximum Gasteiger partial charge on any atom is 0.260 e. The van der Waals surface area contributed by atoms with Crippen LogP contribution in [0.3, 0.4) is 0 Å². The van der Waals surface area contributed by atoms with Crippen LogP contribution >= 0.6 is 39.1 Å². The molecule has 1 amide bonds. The van der Waals surface area contributed by atoms with Gasteiger partial charge in [0.15, 0.2) is 5.03 Å². The van der Waals surface area contributed by atoms with Crippen LogP contribution in [0.15, 0.2) is 58.2 Å². The molecule has 1 aliphatic rings. The molecular formula is C23H24BrCl2N5O3S. The van der Waals surface area contributed by atoms with Crippen LogP contribution in [-0.4, -0.2) is 56.0 Å². The SMILES string of the molecule is CN(C)CCNS(=O)(=O)c1cnc2n1[C@](C)(Cc1ccc(Br)cc1)C(=O)N2c1cc(Cl)cc(Cl)c1. The zero-order chi connectivity index (χ0) is 25.5. The smallest absolute Gasteiger partial charge is 0.260 e. The van der Waals surface area contributed by atoms with Crippen molar-refractivity contribution in [3.8, 4) is 0 Å². The van der Waals surface area contributed by atoms with Crippen molar-refractivity contribution in [2.45, 2.75) is 23.9 Å². The van der Waals surface area contributed by atoms with Crippen molar-refractivity contribution in [1.29, 1.82) is 0 Å². The summed E-state index contributed by atoms with van der Waals surface area (Å²) in [4.78, 5) is 21.6. The molecule has 0 fully saturated rings. The van der Waals surface area contributed by atoms with Gasteiger partial charge in [-0.15, -0.1) is 0 Å². The van der Waals surface area contributed by atoms with E-state index in [0.717, 1.165) is 10.0 Å². The normalized spacial score (nSPS) is 17.9. The number of aromatic nitrogens is 2. The molecule has 8 nitrogen and oxygen atoms in total. The Balaban J connectivity index is 1.85. The average Bonchev–Trinajstić information content (AvgIpc) is 3.28. The van der Waals surface area contributed by atoms with E-state index in [0.29, 0.717) is 22.3 Å². The molecule has 186 valence electrons. The summed E-state index contributed by atoms with van der Waals surface area (Å²) in [5.41, 5.74) is -0.0120. The summed E-state index contributed by atoms with van der Waals surface area (Å²) in [5.74, 6) is -0.160. The highest BCUT2D eigenvalue weighted by molar-refractivity contribution is 9.10. The molecule has 0 unspecified atom stereocenters. The average molecular weight is 601 g/mol. The number of hydrogen-bond acceptors (Lipinski definition) is 5. The van der Waals surface area contributed by atoms with Gasteiger partial charge in [-0.1, -0.05) is 51.3 Å². The fraction of sp³-hybridized carbons (Fsp3) is 0.304. The highest BCUT2D eigenvalue weighted by Gasteiger charge is 2.51. The first-order valence-corrected chi connectivity index (χ1v) is 13.7. The number of amides is 1. The first-order chi connectivity index (χ1) is 16.4. The lowest BCUT2D eigenvalue weighted by atomic mass is 9.92. The van der Waals surface area contributed by atoms with E-state index in [1.165, 1.54) is 15.7 Å². The Morgan fingerprint density at radius 3 is 2.34 bits per heavy atom. The van der Waals surface area contributed by atoms with E-state index in [1.807, 2.05) is 43.3 Å². The minimum absolute atomic E-state index is 0.0881. The van der Waals surface area contributed by atoms with Crippen LogP contribution in [-0.2, 0) is 26.8 Å². The van der Waals surface area contributed by atoms with Crippen LogP contribution < -0.4 is 9.62 Å². The number of likely N-dealkylation sites (N-methyl/N-ethyl adjacent to an activating group) is 1. The summed E-state index contributed by atoms with van der Waals surface area (Å²) in [6, 6.07) is 12.3. The van der Waals surface area contributed by atoms with Crippen molar-refractivity contribution in [3.05, 3.63) is 68.7 Å². The van der Waals surface area contributed by atoms with Gasteiger partial charge in [-0.25, -0.2) is 23.0 Å². The molecule has 1 aliphatic heterocycles. The Bertz CT molecular complexity index is 1360. The highest BCUT2D eigenvalue weighted by Crippen LogP contribution is 2.44. The number of nitrogens with zero attached hydrogens (tertiary/aromatic N) is 4. The van der Waals surface area contributed by atoms with E-state index in [9.17, 15) is 13.2 Å². The van der Waals surface area contributed by atoms with Gasteiger partial charge >= 0.3 is 0 Å². The van der Waals surface area contributed by atoms with E-state index in [4.69, 9.17) is 23.2 Å². The Morgan fingerprint density at radius 2 is 1.74 bits per heavy atom.